The molecule has 0 unspecified atom stereocenters. The van der Waals surface area contributed by atoms with Crippen LogP contribution in [0.3, 0.4) is 0 Å². The molecule has 2 N–H and O–H groups in total. The fraction of sp³-hybridized carbons (Fsp3) is 0.583. The Kier molecular flexibility index (Phi) is 3.52. The summed E-state index contributed by atoms with van der Waals surface area (Å²) in [6, 6.07) is 2.01. The maximum Gasteiger partial charge on any atom is 0.0983 e. The van der Waals surface area contributed by atoms with Crippen LogP contribution in [0.15, 0.2) is 17.3 Å². The molecule has 1 aromatic rings. The predicted octanol–water partition coefficient (Wildman–Crippen LogP) is 3.40. The van der Waals surface area contributed by atoms with Gasteiger partial charge in [-0.15, -0.1) is 11.8 Å². The first-order chi connectivity index (χ1) is 7.25. The molecule has 0 aromatic carbocycles. The van der Waals surface area contributed by atoms with E-state index in [4.69, 9.17) is 5.73 Å². The molecule has 2 nitrogen and oxygen atoms in total. The van der Waals surface area contributed by atoms with Crippen molar-refractivity contribution in [1.29, 1.82) is 0 Å². The Labute approximate surface area is 95.7 Å². The van der Waals surface area contributed by atoms with Gasteiger partial charge in [0.15, 0.2) is 0 Å². The van der Waals surface area contributed by atoms with Crippen molar-refractivity contribution in [3.63, 3.8) is 0 Å². The van der Waals surface area contributed by atoms with Gasteiger partial charge in [-0.25, -0.2) is 4.98 Å². The van der Waals surface area contributed by atoms with Crippen molar-refractivity contribution in [2.75, 3.05) is 5.73 Å². The molecule has 15 heavy (non-hydrogen) atoms. The van der Waals surface area contributed by atoms with Gasteiger partial charge in [0.05, 0.1) is 5.03 Å². The molecular formula is C12H18N2S. The Morgan fingerprint density at radius 2 is 2.07 bits per heavy atom. The van der Waals surface area contributed by atoms with Crippen LogP contribution in [0.4, 0.5) is 5.69 Å². The van der Waals surface area contributed by atoms with E-state index in [1.54, 1.807) is 0 Å². The Morgan fingerprint density at radius 1 is 1.33 bits per heavy atom. The standard InChI is InChI=1S/C12H18N2S/c1-9-8-14-12(7-11(9)13)15-10-5-3-2-4-6-10/h7-8,10H,2-6H2,1H3,(H2,13,14). The maximum absolute atomic E-state index is 5.87. The molecule has 0 aliphatic heterocycles. The summed E-state index contributed by atoms with van der Waals surface area (Å²) in [4.78, 5) is 4.42. The third-order valence-electron chi connectivity index (χ3n) is 2.96. The summed E-state index contributed by atoms with van der Waals surface area (Å²) < 4.78 is 0. The molecule has 1 saturated carbocycles. The van der Waals surface area contributed by atoms with Crippen molar-refractivity contribution in [2.24, 2.45) is 0 Å². The summed E-state index contributed by atoms with van der Waals surface area (Å²) >= 11 is 1.90. The number of thioether (sulfide) groups is 1. The molecule has 0 amide bonds. The smallest absolute Gasteiger partial charge is 0.0983 e. The summed E-state index contributed by atoms with van der Waals surface area (Å²) in [5.41, 5.74) is 7.81. The second-order valence-corrected chi connectivity index (χ2v) is 5.58. The molecule has 0 radical (unpaired) electrons. The Bertz CT molecular complexity index is 332. The van der Waals surface area contributed by atoms with Crippen LogP contribution in [0.5, 0.6) is 0 Å². The van der Waals surface area contributed by atoms with Crippen LogP contribution in [-0.2, 0) is 0 Å². The molecule has 0 saturated heterocycles. The van der Waals surface area contributed by atoms with E-state index in [-0.39, 0.29) is 0 Å². The minimum Gasteiger partial charge on any atom is -0.398 e. The average Bonchev–Trinajstić information content (AvgIpc) is 2.25. The van der Waals surface area contributed by atoms with Gasteiger partial charge in [0.25, 0.3) is 0 Å². The Morgan fingerprint density at radius 3 is 2.73 bits per heavy atom. The highest BCUT2D eigenvalue weighted by atomic mass is 32.2. The van der Waals surface area contributed by atoms with E-state index in [9.17, 15) is 0 Å². The van der Waals surface area contributed by atoms with Crippen LogP contribution >= 0.6 is 11.8 Å². The Balaban J connectivity index is 2.00. The van der Waals surface area contributed by atoms with Crippen LogP contribution in [0, 0.1) is 6.92 Å². The highest BCUT2D eigenvalue weighted by Crippen LogP contribution is 2.33. The van der Waals surface area contributed by atoms with E-state index < -0.39 is 0 Å². The van der Waals surface area contributed by atoms with E-state index in [1.165, 1.54) is 32.1 Å². The van der Waals surface area contributed by atoms with E-state index in [0.29, 0.717) is 0 Å². The van der Waals surface area contributed by atoms with Crippen molar-refractivity contribution < 1.29 is 0 Å². The first-order valence-corrected chi connectivity index (χ1v) is 6.52. The fourth-order valence-electron chi connectivity index (χ4n) is 1.94. The van der Waals surface area contributed by atoms with Crippen LogP contribution in [0.2, 0.25) is 0 Å². The molecule has 1 aromatic heterocycles. The van der Waals surface area contributed by atoms with Gasteiger partial charge in [0.1, 0.15) is 0 Å². The normalized spacial score (nSPS) is 17.9. The summed E-state index contributed by atoms with van der Waals surface area (Å²) in [6.45, 7) is 2.00. The number of aryl methyl sites for hydroxylation is 1. The lowest BCUT2D eigenvalue weighted by atomic mass is 10.0. The van der Waals surface area contributed by atoms with Gasteiger partial charge in [0, 0.05) is 17.1 Å². The summed E-state index contributed by atoms with van der Waals surface area (Å²) in [5.74, 6) is 0. The second-order valence-electron chi connectivity index (χ2n) is 4.26. The first-order valence-electron chi connectivity index (χ1n) is 5.64. The van der Waals surface area contributed by atoms with Crippen LogP contribution in [0.25, 0.3) is 0 Å². The third kappa shape index (κ3) is 2.88. The van der Waals surface area contributed by atoms with Crippen LogP contribution < -0.4 is 5.73 Å². The maximum atomic E-state index is 5.87. The summed E-state index contributed by atoms with van der Waals surface area (Å²) in [7, 11) is 0. The van der Waals surface area contributed by atoms with Crippen LogP contribution in [-0.4, -0.2) is 10.2 Å². The van der Waals surface area contributed by atoms with Gasteiger partial charge >= 0.3 is 0 Å². The second kappa shape index (κ2) is 4.88. The summed E-state index contributed by atoms with van der Waals surface area (Å²) in [6.07, 6.45) is 8.69. The van der Waals surface area contributed by atoms with Gasteiger partial charge in [-0.2, -0.15) is 0 Å². The zero-order valence-electron chi connectivity index (χ0n) is 9.20. The molecule has 82 valence electrons. The molecule has 1 fully saturated rings. The minimum atomic E-state index is 0.758. The van der Waals surface area contributed by atoms with Crippen molar-refractivity contribution in [2.45, 2.75) is 49.3 Å². The highest BCUT2D eigenvalue weighted by Gasteiger charge is 2.15. The predicted molar refractivity (Wildman–Crippen MR) is 66.1 cm³/mol. The highest BCUT2D eigenvalue weighted by molar-refractivity contribution is 7.99. The number of pyridine rings is 1. The summed E-state index contributed by atoms with van der Waals surface area (Å²) in [5, 5.41) is 1.85. The molecule has 1 aliphatic carbocycles. The van der Waals surface area contributed by atoms with Gasteiger partial charge < -0.3 is 5.73 Å². The minimum absolute atomic E-state index is 0.758. The number of rotatable bonds is 2. The van der Waals surface area contributed by atoms with Gasteiger partial charge in [0.2, 0.25) is 0 Å². The molecule has 1 heterocycles. The molecule has 0 atom stereocenters. The van der Waals surface area contributed by atoms with Crippen molar-refractivity contribution in [3.8, 4) is 0 Å². The number of nitrogens with two attached hydrogens (primary N) is 1. The lowest BCUT2D eigenvalue weighted by molar-refractivity contribution is 0.516. The zero-order chi connectivity index (χ0) is 10.7. The molecule has 2 rings (SSSR count). The van der Waals surface area contributed by atoms with Crippen molar-refractivity contribution >= 4 is 17.4 Å². The van der Waals surface area contributed by atoms with E-state index in [1.807, 2.05) is 30.9 Å². The number of hydrogen-bond acceptors (Lipinski definition) is 3. The number of nitrogens with zero attached hydrogens (tertiary/aromatic N) is 1. The molecule has 0 spiro atoms. The number of nitrogen functional groups attached to an aromatic ring is 1. The van der Waals surface area contributed by atoms with E-state index in [2.05, 4.69) is 4.98 Å². The fourth-order valence-corrected chi connectivity index (χ4v) is 3.16. The van der Waals surface area contributed by atoms with Crippen molar-refractivity contribution in [3.05, 3.63) is 17.8 Å². The molecular weight excluding hydrogens is 204 g/mol. The first kappa shape index (κ1) is 10.8. The SMILES string of the molecule is Cc1cnc(SC2CCCCC2)cc1N. The monoisotopic (exact) mass is 222 g/mol. The topological polar surface area (TPSA) is 38.9 Å². The zero-order valence-corrected chi connectivity index (χ0v) is 10.0. The molecule has 1 aliphatic rings. The van der Waals surface area contributed by atoms with Crippen molar-refractivity contribution in [1.82, 2.24) is 4.98 Å². The molecule has 0 bridgehead atoms. The van der Waals surface area contributed by atoms with E-state index >= 15 is 0 Å². The van der Waals surface area contributed by atoms with Gasteiger partial charge in [-0.05, 0) is 31.4 Å². The Hall–Kier alpha value is -0.700. The largest absolute Gasteiger partial charge is 0.398 e. The van der Waals surface area contributed by atoms with E-state index in [0.717, 1.165) is 21.5 Å². The third-order valence-corrected chi connectivity index (χ3v) is 4.23. The lowest BCUT2D eigenvalue weighted by Gasteiger charge is -2.20. The van der Waals surface area contributed by atoms with Gasteiger partial charge in [-0.1, -0.05) is 19.3 Å². The number of hydrogen-bond donors (Lipinski definition) is 1. The average molecular weight is 222 g/mol. The molecule has 3 heteroatoms. The quantitative estimate of drug-likeness (QED) is 0.833. The van der Waals surface area contributed by atoms with Gasteiger partial charge in [-0.3, -0.25) is 0 Å². The number of anilines is 1. The van der Waals surface area contributed by atoms with Crippen LogP contribution in [0.1, 0.15) is 37.7 Å². The lowest BCUT2D eigenvalue weighted by Crippen LogP contribution is -2.08. The number of aromatic nitrogens is 1.